The first kappa shape index (κ1) is 23.9. The van der Waals surface area contributed by atoms with Crippen molar-refractivity contribution in [2.75, 3.05) is 47.0 Å². The molecule has 2 rings (SSSR count). The highest BCUT2D eigenvalue weighted by molar-refractivity contribution is 7.09. The number of rotatable bonds is 13. The molecule has 0 fully saturated rings. The van der Waals surface area contributed by atoms with Crippen molar-refractivity contribution < 1.29 is 14.3 Å². The molecule has 164 valence electrons. The molecule has 30 heavy (non-hydrogen) atoms. The predicted octanol–water partition coefficient (Wildman–Crippen LogP) is 2.50. The second kappa shape index (κ2) is 14.5. The van der Waals surface area contributed by atoms with Gasteiger partial charge in [-0.3, -0.25) is 4.79 Å². The molecule has 0 atom stereocenters. The second-order valence-electron chi connectivity index (χ2n) is 6.82. The van der Waals surface area contributed by atoms with Gasteiger partial charge in [-0.15, -0.1) is 11.3 Å². The van der Waals surface area contributed by atoms with E-state index in [1.165, 1.54) is 9.78 Å². The first-order valence-corrected chi connectivity index (χ1v) is 11.0. The number of carbonyl (C=O) groups excluding carboxylic acids is 1. The number of aliphatic imine (C=N–C) groups is 1. The Morgan fingerprint density at radius 3 is 2.57 bits per heavy atom. The van der Waals surface area contributed by atoms with Gasteiger partial charge in [-0.05, 0) is 23.4 Å². The van der Waals surface area contributed by atoms with Gasteiger partial charge in [-0.2, -0.15) is 0 Å². The minimum atomic E-state index is -0.0361. The molecule has 2 N–H and O–H groups in total. The van der Waals surface area contributed by atoms with Gasteiger partial charge in [-0.25, -0.2) is 4.99 Å². The summed E-state index contributed by atoms with van der Waals surface area (Å²) in [6.07, 6.45) is 0.833. The Morgan fingerprint density at radius 1 is 1.03 bits per heavy atom. The lowest BCUT2D eigenvalue weighted by Crippen LogP contribution is -2.38. The Bertz CT molecular complexity index is 736. The van der Waals surface area contributed by atoms with Crippen LogP contribution in [0.3, 0.4) is 0 Å². The fourth-order valence-corrected chi connectivity index (χ4v) is 3.06. The molecule has 0 saturated heterocycles. The van der Waals surface area contributed by atoms with Crippen molar-refractivity contribution in [3.8, 4) is 0 Å². The van der Waals surface area contributed by atoms with Crippen molar-refractivity contribution >= 4 is 23.2 Å². The molecular weight excluding hydrogens is 400 g/mol. The molecule has 1 heterocycles. The number of likely N-dealkylation sites (N-methyl/N-ethyl adjacent to an activating group) is 1. The van der Waals surface area contributed by atoms with E-state index >= 15 is 0 Å². The average Bonchev–Trinajstić information content (AvgIpc) is 3.28. The Morgan fingerprint density at radius 2 is 1.83 bits per heavy atom. The van der Waals surface area contributed by atoms with Crippen LogP contribution in [-0.2, 0) is 27.4 Å². The third-order valence-electron chi connectivity index (χ3n) is 4.12. The molecule has 1 aromatic carbocycles. The summed E-state index contributed by atoms with van der Waals surface area (Å²) in [6.45, 7) is 3.88. The Labute approximate surface area is 183 Å². The minimum Gasteiger partial charge on any atom is -0.379 e. The molecule has 7 nitrogen and oxygen atoms in total. The van der Waals surface area contributed by atoms with E-state index in [-0.39, 0.29) is 12.5 Å². The molecule has 1 amide bonds. The molecule has 0 saturated carbocycles. The number of nitrogens with one attached hydrogen (secondary N) is 2. The van der Waals surface area contributed by atoms with Crippen LogP contribution in [-0.4, -0.2) is 63.8 Å². The zero-order valence-corrected chi connectivity index (χ0v) is 18.6. The average molecular weight is 433 g/mol. The molecule has 8 heteroatoms. The zero-order valence-electron chi connectivity index (χ0n) is 17.8. The van der Waals surface area contributed by atoms with Crippen LogP contribution in [0, 0.1) is 0 Å². The maximum atomic E-state index is 11.8. The summed E-state index contributed by atoms with van der Waals surface area (Å²) in [6, 6.07) is 14.2. The Kier molecular flexibility index (Phi) is 11.6. The van der Waals surface area contributed by atoms with E-state index in [1.807, 2.05) is 41.8 Å². The summed E-state index contributed by atoms with van der Waals surface area (Å²) in [5, 5.41) is 8.57. The van der Waals surface area contributed by atoms with Crippen molar-refractivity contribution in [1.82, 2.24) is 15.5 Å². The highest BCUT2D eigenvalue weighted by Gasteiger charge is 2.05. The molecular formula is C22H32N4O3S. The van der Waals surface area contributed by atoms with Gasteiger partial charge >= 0.3 is 0 Å². The first-order valence-electron chi connectivity index (χ1n) is 10.1. The van der Waals surface area contributed by atoms with Crippen molar-refractivity contribution in [1.29, 1.82) is 0 Å². The lowest BCUT2D eigenvalue weighted by Gasteiger charge is -2.13. The van der Waals surface area contributed by atoms with Gasteiger partial charge in [0.15, 0.2) is 5.96 Å². The Hall–Kier alpha value is -2.42. The number of guanidine groups is 1. The number of benzene rings is 1. The maximum Gasteiger partial charge on any atom is 0.243 e. The van der Waals surface area contributed by atoms with Gasteiger partial charge in [0.2, 0.25) is 5.91 Å². The molecule has 0 bridgehead atoms. The third kappa shape index (κ3) is 10.4. The summed E-state index contributed by atoms with van der Waals surface area (Å²) in [7, 11) is 3.45. The largest absolute Gasteiger partial charge is 0.379 e. The van der Waals surface area contributed by atoms with Gasteiger partial charge in [0.05, 0.1) is 26.4 Å². The quantitative estimate of drug-likeness (QED) is 0.289. The summed E-state index contributed by atoms with van der Waals surface area (Å²) < 4.78 is 11.2. The third-order valence-corrected chi connectivity index (χ3v) is 5.00. The van der Waals surface area contributed by atoms with Crippen LogP contribution in [0.1, 0.15) is 16.9 Å². The fraction of sp³-hybridized carbons (Fsp3) is 0.455. The van der Waals surface area contributed by atoms with Crippen LogP contribution in [0.4, 0.5) is 0 Å². The number of carbonyl (C=O) groups is 1. The van der Waals surface area contributed by atoms with E-state index in [9.17, 15) is 4.79 Å². The van der Waals surface area contributed by atoms with E-state index in [4.69, 9.17) is 9.47 Å². The van der Waals surface area contributed by atoms with Crippen LogP contribution in [0.25, 0.3) is 0 Å². The lowest BCUT2D eigenvalue weighted by atomic mass is 10.2. The lowest BCUT2D eigenvalue weighted by molar-refractivity contribution is -0.127. The monoisotopic (exact) mass is 432 g/mol. The molecule has 0 aliphatic carbocycles. The zero-order chi connectivity index (χ0) is 21.4. The van der Waals surface area contributed by atoms with Crippen molar-refractivity contribution in [3.63, 3.8) is 0 Å². The van der Waals surface area contributed by atoms with Crippen LogP contribution >= 0.6 is 11.3 Å². The van der Waals surface area contributed by atoms with Gasteiger partial charge in [0, 0.05) is 32.1 Å². The topological polar surface area (TPSA) is 75.2 Å². The van der Waals surface area contributed by atoms with Gasteiger partial charge in [0.1, 0.15) is 6.54 Å². The first-order chi connectivity index (χ1) is 14.6. The fourth-order valence-electron chi connectivity index (χ4n) is 2.41. The predicted molar refractivity (Wildman–Crippen MR) is 122 cm³/mol. The summed E-state index contributed by atoms with van der Waals surface area (Å²) in [5.74, 6) is 0.593. The number of hydrogen-bond donors (Lipinski definition) is 2. The SMILES string of the molecule is CN(C)C(=O)CN=C(NCCCOCCOCc1ccccc1)NCc1cccs1. The van der Waals surface area contributed by atoms with Gasteiger partial charge < -0.3 is 25.0 Å². The van der Waals surface area contributed by atoms with E-state index in [0.29, 0.717) is 45.5 Å². The van der Waals surface area contributed by atoms with Gasteiger partial charge in [0.25, 0.3) is 0 Å². The molecule has 0 spiro atoms. The summed E-state index contributed by atoms with van der Waals surface area (Å²) in [5.41, 5.74) is 1.16. The Balaban J connectivity index is 1.59. The molecule has 0 aliphatic heterocycles. The minimum absolute atomic E-state index is 0.0361. The van der Waals surface area contributed by atoms with Crippen LogP contribution < -0.4 is 10.6 Å². The van der Waals surface area contributed by atoms with Gasteiger partial charge in [-0.1, -0.05) is 36.4 Å². The second-order valence-corrected chi connectivity index (χ2v) is 7.85. The number of hydrogen-bond acceptors (Lipinski definition) is 5. The molecule has 2 aromatic rings. The number of ether oxygens (including phenoxy) is 2. The molecule has 1 aromatic heterocycles. The highest BCUT2D eigenvalue weighted by atomic mass is 32.1. The van der Waals surface area contributed by atoms with E-state index < -0.39 is 0 Å². The maximum absolute atomic E-state index is 11.8. The summed E-state index contributed by atoms with van der Waals surface area (Å²) in [4.78, 5) is 18.9. The number of amides is 1. The highest BCUT2D eigenvalue weighted by Crippen LogP contribution is 2.07. The number of nitrogens with zero attached hydrogens (tertiary/aromatic N) is 2. The standard InChI is InChI=1S/C22H32N4O3S/c1-26(2)21(27)17-25-22(24-16-20-10-6-15-30-20)23-11-7-12-28-13-14-29-18-19-8-4-3-5-9-19/h3-6,8-10,15H,7,11-14,16-18H2,1-2H3,(H2,23,24,25). The van der Waals surface area contributed by atoms with Crippen LogP contribution in [0.15, 0.2) is 52.8 Å². The smallest absolute Gasteiger partial charge is 0.243 e. The van der Waals surface area contributed by atoms with E-state index in [1.54, 1.807) is 25.4 Å². The summed E-state index contributed by atoms with van der Waals surface area (Å²) >= 11 is 1.68. The van der Waals surface area contributed by atoms with E-state index in [0.717, 1.165) is 12.0 Å². The van der Waals surface area contributed by atoms with Crippen LogP contribution in [0.5, 0.6) is 0 Å². The normalized spacial score (nSPS) is 11.3. The molecule has 0 unspecified atom stereocenters. The number of thiophene rings is 1. The van der Waals surface area contributed by atoms with E-state index in [2.05, 4.69) is 21.7 Å². The molecule has 0 aliphatic rings. The van der Waals surface area contributed by atoms with Crippen molar-refractivity contribution in [3.05, 3.63) is 58.3 Å². The van der Waals surface area contributed by atoms with Crippen molar-refractivity contribution in [2.24, 2.45) is 4.99 Å². The van der Waals surface area contributed by atoms with Crippen molar-refractivity contribution in [2.45, 2.75) is 19.6 Å². The molecule has 0 radical (unpaired) electrons. The van der Waals surface area contributed by atoms with Crippen LogP contribution in [0.2, 0.25) is 0 Å².